The second kappa shape index (κ2) is 5.09. The summed E-state index contributed by atoms with van der Waals surface area (Å²) < 4.78 is 27.7. The van der Waals surface area contributed by atoms with Gasteiger partial charge >= 0.3 is 0 Å². The van der Waals surface area contributed by atoms with Crippen molar-refractivity contribution in [3.05, 3.63) is 0 Å². The lowest BCUT2D eigenvalue weighted by atomic mass is 9.90. The van der Waals surface area contributed by atoms with Gasteiger partial charge in [0.1, 0.15) is 0 Å². The fraction of sp³-hybridized carbons (Fsp3) is 1.00. The van der Waals surface area contributed by atoms with Crippen LogP contribution in [-0.2, 0) is 14.6 Å². The number of hydrogen-bond donors (Lipinski definition) is 1. The molecule has 5 heteroatoms. The number of rotatable bonds is 5. The van der Waals surface area contributed by atoms with Gasteiger partial charge in [0.15, 0.2) is 9.84 Å². The number of sulfone groups is 1. The topological polar surface area (TPSA) is 69.4 Å². The first-order chi connectivity index (χ1) is 6.59. The molecule has 84 valence electrons. The van der Waals surface area contributed by atoms with E-state index >= 15 is 0 Å². The molecular formula is C9H19NO3S. The second-order valence-electron chi connectivity index (χ2n) is 3.96. The standard InChI is InChI=1S/C9H19NO3S/c1-13-6-8(2-4-10)9-3-5-14(11,12)7-9/h8-9H,2-7,10H2,1H3. The van der Waals surface area contributed by atoms with E-state index in [0.717, 1.165) is 12.8 Å². The van der Waals surface area contributed by atoms with Gasteiger partial charge in [-0.15, -0.1) is 0 Å². The highest BCUT2D eigenvalue weighted by atomic mass is 32.2. The molecule has 1 heterocycles. The minimum absolute atomic E-state index is 0.253. The Balaban J connectivity index is 2.52. The van der Waals surface area contributed by atoms with E-state index in [0.29, 0.717) is 30.6 Å². The van der Waals surface area contributed by atoms with E-state index in [1.165, 1.54) is 0 Å². The first-order valence-corrected chi connectivity index (χ1v) is 6.80. The smallest absolute Gasteiger partial charge is 0.150 e. The molecule has 14 heavy (non-hydrogen) atoms. The summed E-state index contributed by atoms with van der Waals surface area (Å²) in [6.07, 6.45) is 1.63. The van der Waals surface area contributed by atoms with E-state index in [1.807, 2.05) is 0 Å². The quantitative estimate of drug-likeness (QED) is 0.711. The zero-order valence-corrected chi connectivity index (χ0v) is 9.42. The molecule has 0 aromatic heterocycles. The van der Waals surface area contributed by atoms with Gasteiger partial charge in [-0.2, -0.15) is 0 Å². The molecule has 4 nitrogen and oxygen atoms in total. The first-order valence-electron chi connectivity index (χ1n) is 4.98. The molecule has 1 rings (SSSR count). The van der Waals surface area contributed by atoms with Crippen molar-refractivity contribution >= 4 is 9.84 Å². The van der Waals surface area contributed by atoms with Gasteiger partial charge < -0.3 is 10.5 Å². The zero-order chi connectivity index (χ0) is 10.6. The Hall–Kier alpha value is -0.130. The lowest BCUT2D eigenvalue weighted by Crippen LogP contribution is -2.23. The van der Waals surface area contributed by atoms with Crippen LogP contribution in [0.15, 0.2) is 0 Å². The van der Waals surface area contributed by atoms with Crippen LogP contribution in [0.4, 0.5) is 0 Å². The highest BCUT2D eigenvalue weighted by molar-refractivity contribution is 7.91. The Labute approximate surface area is 85.7 Å². The molecule has 1 fully saturated rings. The second-order valence-corrected chi connectivity index (χ2v) is 6.18. The molecule has 2 N–H and O–H groups in total. The third-order valence-corrected chi connectivity index (χ3v) is 4.65. The predicted molar refractivity (Wildman–Crippen MR) is 55.8 cm³/mol. The Bertz CT molecular complexity index is 257. The summed E-state index contributed by atoms with van der Waals surface area (Å²) in [6, 6.07) is 0. The van der Waals surface area contributed by atoms with Crippen LogP contribution in [0.2, 0.25) is 0 Å². The van der Waals surface area contributed by atoms with Crippen LogP contribution in [0.3, 0.4) is 0 Å². The van der Waals surface area contributed by atoms with Gasteiger partial charge in [-0.05, 0) is 31.2 Å². The van der Waals surface area contributed by atoms with E-state index in [9.17, 15) is 8.42 Å². The number of ether oxygens (including phenoxy) is 1. The molecule has 0 aromatic rings. The molecule has 1 saturated heterocycles. The maximum Gasteiger partial charge on any atom is 0.150 e. The molecular weight excluding hydrogens is 202 g/mol. The summed E-state index contributed by atoms with van der Waals surface area (Å²) in [4.78, 5) is 0. The van der Waals surface area contributed by atoms with E-state index in [1.54, 1.807) is 7.11 Å². The van der Waals surface area contributed by atoms with Gasteiger partial charge in [0, 0.05) is 13.7 Å². The van der Waals surface area contributed by atoms with Crippen molar-refractivity contribution in [1.29, 1.82) is 0 Å². The monoisotopic (exact) mass is 221 g/mol. The summed E-state index contributed by atoms with van der Waals surface area (Å²) in [5.74, 6) is 1.22. The van der Waals surface area contributed by atoms with E-state index in [4.69, 9.17) is 10.5 Å². The van der Waals surface area contributed by atoms with E-state index < -0.39 is 9.84 Å². The van der Waals surface area contributed by atoms with Gasteiger partial charge in [0.05, 0.1) is 11.5 Å². The van der Waals surface area contributed by atoms with Crippen molar-refractivity contribution in [1.82, 2.24) is 0 Å². The largest absolute Gasteiger partial charge is 0.384 e. The van der Waals surface area contributed by atoms with E-state index in [-0.39, 0.29) is 5.92 Å². The van der Waals surface area contributed by atoms with Crippen molar-refractivity contribution in [3.8, 4) is 0 Å². The fourth-order valence-corrected chi connectivity index (χ4v) is 4.00. The normalized spacial score (nSPS) is 27.7. The molecule has 2 unspecified atom stereocenters. The minimum atomic E-state index is -2.77. The van der Waals surface area contributed by atoms with E-state index in [2.05, 4.69) is 0 Å². The molecule has 1 aliphatic rings. The van der Waals surface area contributed by atoms with Crippen molar-refractivity contribution in [2.75, 3.05) is 31.8 Å². The van der Waals surface area contributed by atoms with Gasteiger partial charge in [-0.1, -0.05) is 0 Å². The van der Waals surface area contributed by atoms with Crippen LogP contribution in [0.5, 0.6) is 0 Å². The lowest BCUT2D eigenvalue weighted by Gasteiger charge is -2.20. The Morgan fingerprint density at radius 1 is 1.57 bits per heavy atom. The van der Waals surface area contributed by atoms with Gasteiger partial charge in [-0.25, -0.2) is 8.42 Å². The zero-order valence-electron chi connectivity index (χ0n) is 8.61. The summed E-state index contributed by atoms with van der Waals surface area (Å²) in [6.45, 7) is 1.22. The molecule has 1 aliphatic heterocycles. The number of hydrogen-bond acceptors (Lipinski definition) is 4. The van der Waals surface area contributed by atoms with Crippen LogP contribution in [-0.4, -0.2) is 40.2 Å². The molecule has 0 aliphatic carbocycles. The van der Waals surface area contributed by atoms with Crippen LogP contribution in [0, 0.1) is 11.8 Å². The molecule has 2 atom stereocenters. The average Bonchev–Trinajstić information content (AvgIpc) is 2.46. The summed E-state index contributed by atoms with van der Waals surface area (Å²) in [7, 11) is -1.13. The molecule has 0 aromatic carbocycles. The van der Waals surface area contributed by atoms with Crippen molar-refractivity contribution in [2.45, 2.75) is 12.8 Å². The van der Waals surface area contributed by atoms with Crippen LogP contribution < -0.4 is 5.73 Å². The lowest BCUT2D eigenvalue weighted by molar-refractivity contribution is 0.122. The van der Waals surface area contributed by atoms with Crippen LogP contribution >= 0.6 is 0 Å². The van der Waals surface area contributed by atoms with Gasteiger partial charge in [0.25, 0.3) is 0 Å². The fourth-order valence-electron chi connectivity index (χ4n) is 2.08. The maximum absolute atomic E-state index is 11.3. The van der Waals surface area contributed by atoms with Gasteiger partial charge in [0.2, 0.25) is 0 Å². The SMILES string of the molecule is COCC(CCN)C1CCS(=O)(=O)C1. The summed E-state index contributed by atoms with van der Waals surface area (Å²) >= 11 is 0. The number of methoxy groups -OCH3 is 1. The summed E-state index contributed by atoms with van der Waals surface area (Å²) in [5, 5.41) is 0. The van der Waals surface area contributed by atoms with Crippen LogP contribution in [0.1, 0.15) is 12.8 Å². The Morgan fingerprint density at radius 3 is 2.71 bits per heavy atom. The van der Waals surface area contributed by atoms with Gasteiger partial charge in [-0.3, -0.25) is 0 Å². The summed E-state index contributed by atoms with van der Waals surface area (Å²) in [5.41, 5.74) is 5.49. The average molecular weight is 221 g/mol. The highest BCUT2D eigenvalue weighted by Crippen LogP contribution is 2.28. The van der Waals surface area contributed by atoms with Crippen molar-refractivity contribution in [2.24, 2.45) is 17.6 Å². The predicted octanol–water partition coefficient (Wildman–Crippen LogP) is 0.0325. The highest BCUT2D eigenvalue weighted by Gasteiger charge is 2.33. The number of nitrogens with two attached hydrogens (primary N) is 1. The Kier molecular flexibility index (Phi) is 4.34. The third kappa shape index (κ3) is 3.22. The third-order valence-electron chi connectivity index (χ3n) is 2.85. The molecule has 0 amide bonds. The first kappa shape index (κ1) is 11.9. The van der Waals surface area contributed by atoms with Crippen LogP contribution in [0.25, 0.3) is 0 Å². The van der Waals surface area contributed by atoms with Crippen molar-refractivity contribution in [3.63, 3.8) is 0 Å². The Morgan fingerprint density at radius 2 is 2.29 bits per heavy atom. The maximum atomic E-state index is 11.3. The molecule has 0 bridgehead atoms. The molecule has 0 saturated carbocycles. The molecule has 0 spiro atoms. The minimum Gasteiger partial charge on any atom is -0.384 e. The molecule has 0 radical (unpaired) electrons. The van der Waals surface area contributed by atoms with Crippen molar-refractivity contribution < 1.29 is 13.2 Å².